The summed E-state index contributed by atoms with van der Waals surface area (Å²) in [5.41, 5.74) is 0. The van der Waals surface area contributed by atoms with Crippen LogP contribution in [0.15, 0.2) is 85.1 Å². The predicted molar refractivity (Wildman–Crippen MR) is 286 cm³/mol. The summed E-state index contributed by atoms with van der Waals surface area (Å²) < 4.78 is 17.2. The van der Waals surface area contributed by atoms with Crippen molar-refractivity contribution in [1.82, 2.24) is 0 Å². The van der Waals surface area contributed by atoms with Crippen molar-refractivity contribution in [2.45, 2.75) is 238 Å². The molecular weight excluding hydrogens is 847 g/mol. The Labute approximate surface area is 418 Å². The van der Waals surface area contributed by atoms with Gasteiger partial charge in [-0.15, -0.1) is 0 Å². The molecule has 0 bridgehead atoms. The maximum absolute atomic E-state index is 12.8. The standard InChI is InChI=1S/C60H103NO7/c1-6-8-10-12-14-16-18-20-22-24-26-28-30-32-34-36-38-40-42-44-46-48-50-58(62)67-55-56(54-66-53-52-57(60(64)65)61(3,4)5)68-59(63)51-49-47-45-43-41-39-37-35-33-31-29-27-25-23-21-19-17-15-13-11-9-7-2/h9,11,15,17,21,23,27,29-30,32-33,35,39,41,56-57H,6-8,10,12-14,16,18-20,22,24-26,28,31,34,36-38,40,42-55H2,1-5H3/b11-9+,17-15+,23-21+,29-27+,32-30+,35-33+,41-39+. The summed E-state index contributed by atoms with van der Waals surface area (Å²) in [4.78, 5) is 37.1. The van der Waals surface area contributed by atoms with Gasteiger partial charge in [0.1, 0.15) is 12.6 Å². The Kier molecular flexibility index (Phi) is 47.4. The number of carbonyl (C=O) groups is 3. The minimum atomic E-state index is -1.13. The van der Waals surface area contributed by atoms with Crippen LogP contribution in [0.5, 0.6) is 0 Å². The zero-order valence-electron chi connectivity index (χ0n) is 44.5. The molecule has 8 heteroatoms. The lowest BCUT2D eigenvalue weighted by Crippen LogP contribution is -2.55. The van der Waals surface area contributed by atoms with Gasteiger partial charge in [-0.25, -0.2) is 0 Å². The molecule has 2 atom stereocenters. The van der Waals surface area contributed by atoms with Crippen LogP contribution in [-0.4, -0.2) is 75.5 Å². The predicted octanol–water partition coefficient (Wildman–Crippen LogP) is 15.1. The number of carboxylic acids is 1. The van der Waals surface area contributed by atoms with E-state index in [1.54, 1.807) is 21.1 Å². The van der Waals surface area contributed by atoms with Gasteiger partial charge in [0.2, 0.25) is 0 Å². The van der Waals surface area contributed by atoms with Crippen LogP contribution >= 0.6 is 0 Å². The SMILES string of the molecule is CC/C=C/C/C=C/C/C=C/C/C=C/C/C=C/C/C=C/CCCCCC(=O)OC(COCCC(C(=O)[O-])[N+](C)(C)C)COC(=O)CCCCCCCCC/C=C/CCCCCCCCCCCCC. The number of nitrogens with zero attached hydrogens (tertiary/aromatic N) is 1. The summed E-state index contributed by atoms with van der Waals surface area (Å²) in [5.74, 6) is -1.78. The lowest BCUT2D eigenvalue weighted by molar-refractivity contribution is -0.889. The van der Waals surface area contributed by atoms with Crippen LogP contribution in [0.25, 0.3) is 0 Å². The fourth-order valence-electron chi connectivity index (χ4n) is 7.78. The highest BCUT2D eigenvalue weighted by atomic mass is 16.6. The Hall–Kier alpha value is -3.49. The summed E-state index contributed by atoms with van der Waals surface area (Å²) in [6.45, 7) is 4.52. The summed E-state index contributed by atoms with van der Waals surface area (Å²) >= 11 is 0. The Morgan fingerprint density at radius 1 is 0.456 bits per heavy atom. The molecule has 0 saturated carbocycles. The smallest absolute Gasteiger partial charge is 0.306 e. The van der Waals surface area contributed by atoms with Gasteiger partial charge in [-0.2, -0.15) is 0 Å². The third-order valence-corrected chi connectivity index (χ3v) is 12.0. The second kappa shape index (κ2) is 49.9. The van der Waals surface area contributed by atoms with E-state index < -0.39 is 18.1 Å². The van der Waals surface area contributed by atoms with Gasteiger partial charge in [-0.05, 0) is 89.9 Å². The molecule has 0 aliphatic heterocycles. The quantitative estimate of drug-likeness (QED) is 0.0259. The van der Waals surface area contributed by atoms with Gasteiger partial charge in [-0.1, -0.05) is 202 Å². The van der Waals surface area contributed by atoms with Crippen molar-refractivity contribution in [3.63, 3.8) is 0 Å². The molecule has 0 radical (unpaired) electrons. The summed E-state index contributed by atoms with van der Waals surface area (Å²) in [7, 11) is 5.40. The average Bonchev–Trinajstić information content (AvgIpc) is 3.30. The molecule has 68 heavy (non-hydrogen) atoms. The molecule has 0 N–H and O–H groups in total. The van der Waals surface area contributed by atoms with E-state index in [2.05, 4.69) is 98.9 Å². The number of carboxylic acid groups (broad SMARTS) is 1. The number of hydrogen-bond donors (Lipinski definition) is 0. The molecule has 0 rings (SSSR count). The average molecular weight is 950 g/mol. The van der Waals surface area contributed by atoms with Gasteiger partial charge in [-0.3, -0.25) is 9.59 Å². The lowest BCUT2D eigenvalue weighted by Gasteiger charge is -2.34. The van der Waals surface area contributed by atoms with Crippen LogP contribution in [0.3, 0.4) is 0 Å². The normalized spacial score (nSPS) is 13.5. The second-order valence-corrected chi connectivity index (χ2v) is 19.4. The van der Waals surface area contributed by atoms with E-state index in [4.69, 9.17) is 14.2 Å². The zero-order valence-corrected chi connectivity index (χ0v) is 44.5. The van der Waals surface area contributed by atoms with Gasteiger partial charge >= 0.3 is 11.9 Å². The highest BCUT2D eigenvalue weighted by Crippen LogP contribution is 2.15. The highest BCUT2D eigenvalue weighted by molar-refractivity contribution is 5.70. The topological polar surface area (TPSA) is 102 Å². The first-order valence-electron chi connectivity index (χ1n) is 27.6. The number of carbonyl (C=O) groups excluding carboxylic acids is 3. The van der Waals surface area contributed by atoms with Crippen LogP contribution in [0.1, 0.15) is 226 Å². The molecular formula is C60H103NO7. The van der Waals surface area contributed by atoms with Crippen molar-refractivity contribution in [3.05, 3.63) is 85.1 Å². The monoisotopic (exact) mass is 950 g/mol. The number of hydrogen-bond acceptors (Lipinski definition) is 7. The van der Waals surface area contributed by atoms with E-state index in [0.29, 0.717) is 12.8 Å². The van der Waals surface area contributed by atoms with Gasteiger partial charge in [0, 0.05) is 19.3 Å². The molecule has 0 aromatic heterocycles. The van der Waals surface area contributed by atoms with E-state index in [9.17, 15) is 19.5 Å². The first-order valence-corrected chi connectivity index (χ1v) is 27.6. The molecule has 0 saturated heterocycles. The van der Waals surface area contributed by atoms with E-state index in [1.807, 2.05) is 0 Å². The van der Waals surface area contributed by atoms with Crippen LogP contribution in [0.4, 0.5) is 0 Å². The molecule has 0 heterocycles. The summed E-state index contributed by atoms with van der Waals surface area (Å²) in [6, 6.07) is -0.738. The third-order valence-electron chi connectivity index (χ3n) is 12.0. The van der Waals surface area contributed by atoms with E-state index >= 15 is 0 Å². The number of ether oxygens (including phenoxy) is 3. The van der Waals surface area contributed by atoms with Gasteiger partial charge < -0.3 is 28.6 Å². The first-order chi connectivity index (χ1) is 33.1. The molecule has 0 aromatic rings. The molecule has 0 amide bonds. The van der Waals surface area contributed by atoms with E-state index in [-0.39, 0.29) is 49.1 Å². The Bertz CT molecular complexity index is 1380. The van der Waals surface area contributed by atoms with E-state index in [0.717, 1.165) is 77.0 Å². The van der Waals surface area contributed by atoms with E-state index in [1.165, 1.54) is 109 Å². The zero-order chi connectivity index (χ0) is 49.9. The minimum absolute atomic E-state index is 0.0216. The minimum Gasteiger partial charge on any atom is -0.544 e. The van der Waals surface area contributed by atoms with Gasteiger partial charge in [0.05, 0.1) is 40.3 Å². The number of aliphatic carboxylic acids is 1. The van der Waals surface area contributed by atoms with Gasteiger partial charge in [0.25, 0.3) is 0 Å². The Morgan fingerprint density at radius 3 is 1.25 bits per heavy atom. The van der Waals surface area contributed by atoms with Crippen LogP contribution in [0, 0.1) is 0 Å². The molecule has 0 fully saturated rings. The number of quaternary nitrogens is 1. The maximum atomic E-state index is 12.8. The fourth-order valence-corrected chi connectivity index (χ4v) is 7.78. The Morgan fingerprint density at radius 2 is 0.824 bits per heavy atom. The largest absolute Gasteiger partial charge is 0.544 e. The number of unbranched alkanes of at least 4 members (excludes halogenated alkanes) is 21. The molecule has 0 spiro atoms. The van der Waals surface area contributed by atoms with Crippen molar-refractivity contribution < 1.29 is 38.2 Å². The second-order valence-electron chi connectivity index (χ2n) is 19.4. The van der Waals surface area contributed by atoms with Crippen molar-refractivity contribution in [3.8, 4) is 0 Å². The van der Waals surface area contributed by atoms with Crippen molar-refractivity contribution >= 4 is 17.9 Å². The van der Waals surface area contributed by atoms with Gasteiger partial charge in [0.15, 0.2) is 6.10 Å². The fraction of sp³-hybridized carbons (Fsp3) is 0.717. The maximum Gasteiger partial charge on any atom is 0.306 e. The number of esters is 2. The van der Waals surface area contributed by atoms with Crippen molar-refractivity contribution in [2.75, 3.05) is 41.0 Å². The molecule has 390 valence electrons. The van der Waals surface area contributed by atoms with Crippen LogP contribution < -0.4 is 5.11 Å². The molecule has 0 aliphatic carbocycles. The molecule has 2 unspecified atom stereocenters. The lowest BCUT2D eigenvalue weighted by atomic mass is 10.0. The number of rotatable bonds is 49. The first kappa shape index (κ1) is 64.5. The number of likely N-dealkylation sites (N-methyl/N-ethyl adjacent to an activating group) is 1. The third kappa shape index (κ3) is 47.6. The molecule has 0 aliphatic rings. The summed E-state index contributed by atoms with van der Waals surface area (Å²) in [6.07, 6.45) is 66.2. The highest BCUT2D eigenvalue weighted by Gasteiger charge is 2.25. The molecule has 0 aromatic carbocycles. The van der Waals surface area contributed by atoms with Crippen molar-refractivity contribution in [2.24, 2.45) is 0 Å². The molecule has 8 nitrogen and oxygen atoms in total. The van der Waals surface area contributed by atoms with Crippen LogP contribution in [0.2, 0.25) is 0 Å². The summed E-state index contributed by atoms with van der Waals surface area (Å²) in [5, 5.41) is 11.7. The van der Waals surface area contributed by atoms with Crippen molar-refractivity contribution in [1.29, 1.82) is 0 Å². The van der Waals surface area contributed by atoms with Crippen LogP contribution in [-0.2, 0) is 28.6 Å². The Balaban J connectivity index is 4.29. The number of allylic oxidation sites excluding steroid dienone is 14.